The number of benzene rings is 1. The van der Waals surface area contributed by atoms with Crippen LogP contribution in [0.1, 0.15) is 24.8 Å². The first-order valence-corrected chi connectivity index (χ1v) is 8.44. The number of rotatable bonds is 5. The van der Waals surface area contributed by atoms with E-state index in [0.29, 0.717) is 19.4 Å². The summed E-state index contributed by atoms with van der Waals surface area (Å²) in [5.41, 5.74) is 1.84. The first-order chi connectivity index (χ1) is 12.1. The summed E-state index contributed by atoms with van der Waals surface area (Å²) in [6, 6.07) is 4.35. The maximum absolute atomic E-state index is 13.4. The SMILES string of the molecule is COC(=O)[C@H]1CC[C@@H](NC(=O)NCCc2c[nH]c3ccc(F)cc23)C1. The van der Waals surface area contributed by atoms with E-state index < -0.39 is 0 Å². The number of nitrogens with one attached hydrogen (secondary N) is 3. The van der Waals surface area contributed by atoms with E-state index in [4.69, 9.17) is 4.74 Å². The third-order valence-electron chi connectivity index (χ3n) is 4.71. The Balaban J connectivity index is 1.45. The van der Waals surface area contributed by atoms with Crippen LogP contribution in [0.15, 0.2) is 24.4 Å². The molecule has 3 N–H and O–H groups in total. The number of halogens is 1. The lowest BCUT2D eigenvalue weighted by Gasteiger charge is -2.13. The zero-order chi connectivity index (χ0) is 17.8. The number of urea groups is 1. The molecular formula is C18H22FN3O3. The number of esters is 1. The zero-order valence-electron chi connectivity index (χ0n) is 14.1. The van der Waals surface area contributed by atoms with Crippen molar-refractivity contribution >= 4 is 22.9 Å². The summed E-state index contributed by atoms with van der Waals surface area (Å²) in [6.45, 7) is 0.447. The Morgan fingerprint density at radius 3 is 3.00 bits per heavy atom. The highest BCUT2D eigenvalue weighted by molar-refractivity contribution is 5.83. The standard InChI is InChI=1S/C18H22FN3O3/c1-25-17(23)11-2-4-14(8-11)22-18(24)20-7-6-12-10-21-16-5-3-13(19)9-15(12)16/h3,5,9-11,14,21H,2,4,6-8H2,1H3,(H2,20,22,24)/t11-,14+/m0/s1. The van der Waals surface area contributed by atoms with E-state index in [0.717, 1.165) is 29.3 Å². The zero-order valence-corrected chi connectivity index (χ0v) is 14.1. The monoisotopic (exact) mass is 347 g/mol. The van der Waals surface area contributed by atoms with Crippen LogP contribution in [0.25, 0.3) is 10.9 Å². The molecule has 1 heterocycles. The van der Waals surface area contributed by atoms with E-state index in [9.17, 15) is 14.0 Å². The molecule has 1 aliphatic rings. The van der Waals surface area contributed by atoms with E-state index >= 15 is 0 Å². The lowest BCUT2D eigenvalue weighted by molar-refractivity contribution is -0.145. The lowest BCUT2D eigenvalue weighted by Crippen LogP contribution is -2.41. The number of H-pyrrole nitrogens is 1. The van der Waals surface area contributed by atoms with Gasteiger partial charge in [0.1, 0.15) is 5.82 Å². The molecule has 1 saturated carbocycles. The summed E-state index contributed by atoms with van der Waals surface area (Å²) in [5, 5.41) is 6.53. The van der Waals surface area contributed by atoms with Crippen molar-refractivity contribution in [3.8, 4) is 0 Å². The van der Waals surface area contributed by atoms with E-state index in [1.54, 1.807) is 6.07 Å². The van der Waals surface area contributed by atoms with Crippen molar-refractivity contribution in [3.63, 3.8) is 0 Å². The normalized spacial score (nSPS) is 19.8. The van der Waals surface area contributed by atoms with Crippen LogP contribution in [0.3, 0.4) is 0 Å². The first-order valence-electron chi connectivity index (χ1n) is 8.44. The van der Waals surface area contributed by atoms with Crippen molar-refractivity contribution in [2.75, 3.05) is 13.7 Å². The fourth-order valence-corrected chi connectivity index (χ4v) is 3.40. The minimum Gasteiger partial charge on any atom is -0.469 e. The third kappa shape index (κ3) is 4.10. The van der Waals surface area contributed by atoms with Crippen molar-refractivity contribution < 1.29 is 18.7 Å². The summed E-state index contributed by atoms with van der Waals surface area (Å²) >= 11 is 0. The lowest BCUT2D eigenvalue weighted by atomic mass is 10.1. The number of fused-ring (bicyclic) bond motifs is 1. The van der Waals surface area contributed by atoms with Crippen LogP contribution < -0.4 is 10.6 Å². The molecule has 0 aliphatic heterocycles. The largest absolute Gasteiger partial charge is 0.469 e. The molecule has 2 amide bonds. The quantitative estimate of drug-likeness (QED) is 0.727. The predicted molar refractivity (Wildman–Crippen MR) is 91.6 cm³/mol. The average Bonchev–Trinajstić information content (AvgIpc) is 3.21. The molecule has 1 aliphatic carbocycles. The first kappa shape index (κ1) is 17.3. The molecule has 0 radical (unpaired) electrons. The van der Waals surface area contributed by atoms with Crippen LogP contribution >= 0.6 is 0 Å². The summed E-state index contributed by atoms with van der Waals surface area (Å²) in [6.07, 6.45) is 4.56. The van der Waals surface area contributed by atoms with Gasteiger partial charge in [0.2, 0.25) is 0 Å². The van der Waals surface area contributed by atoms with E-state index in [-0.39, 0.29) is 29.8 Å². The van der Waals surface area contributed by atoms with E-state index in [1.807, 2.05) is 6.20 Å². The van der Waals surface area contributed by atoms with Gasteiger partial charge in [-0.15, -0.1) is 0 Å². The number of hydrogen-bond donors (Lipinski definition) is 3. The highest BCUT2D eigenvalue weighted by Gasteiger charge is 2.31. The van der Waals surface area contributed by atoms with Crippen molar-refractivity contribution in [2.24, 2.45) is 5.92 Å². The van der Waals surface area contributed by atoms with Gasteiger partial charge in [0.15, 0.2) is 0 Å². The molecule has 3 rings (SSSR count). The van der Waals surface area contributed by atoms with Crippen molar-refractivity contribution in [1.82, 2.24) is 15.6 Å². The Morgan fingerprint density at radius 2 is 2.20 bits per heavy atom. The van der Waals surface area contributed by atoms with Gasteiger partial charge < -0.3 is 20.4 Å². The Hall–Kier alpha value is -2.57. The molecule has 0 unspecified atom stereocenters. The van der Waals surface area contributed by atoms with Crippen LogP contribution in [0.2, 0.25) is 0 Å². The van der Waals surface area contributed by atoms with Crippen molar-refractivity contribution in [3.05, 3.63) is 35.8 Å². The second-order valence-electron chi connectivity index (χ2n) is 6.38. The van der Waals surface area contributed by atoms with Gasteiger partial charge in [-0.2, -0.15) is 0 Å². The molecule has 1 aromatic carbocycles. The number of amides is 2. The van der Waals surface area contributed by atoms with Gasteiger partial charge in [-0.25, -0.2) is 9.18 Å². The van der Waals surface area contributed by atoms with E-state index in [2.05, 4.69) is 15.6 Å². The fraction of sp³-hybridized carbons (Fsp3) is 0.444. The van der Waals surface area contributed by atoms with Gasteiger partial charge in [0, 0.05) is 29.7 Å². The summed E-state index contributed by atoms with van der Waals surface area (Å²) in [4.78, 5) is 26.6. The van der Waals surface area contributed by atoms with Gasteiger partial charge in [-0.3, -0.25) is 4.79 Å². The molecule has 7 heteroatoms. The fourth-order valence-electron chi connectivity index (χ4n) is 3.40. The number of carbonyl (C=O) groups is 2. The second kappa shape index (κ2) is 7.55. The van der Waals surface area contributed by atoms with Gasteiger partial charge in [-0.1, -0.05) is 0 Å². The summed E-state index contributed by atoms with van der Waals surface area (Å²) < 4.78 is 18.1. The molecule has 1 fully saturated rings. The van der Waals surface area contributed by atoms with E-state index in [1.165, 1.54) is 19.2 Å². The molecule has 2 atom stereocenters. The second-order valence-corrected chi connectivity index (χ2v) is 6.38. The Labute approximate surface area is 145 Å². The minimum absolute atomic E-state index is 0.00807. The van der Waals surface area contributed by atoms with Gasteiger partial charge in [0.25, 0.3) is 0 Å². The van der Waals surface area contributed by atoms with Crippen LogP contribution in [0, 0.1) is 11.7 Å². The van der Waals surface area contributed by atoms with Crippen LogP contribution in [-0.4, -0.2) is 36.7 Å². The number of methoxy groups -OCH3 is 1. The highest BCUT2D eigenvalue weighted by atomic mass is 19.1. The van der Waals surface area contributed by atoms with Gasteiger partial charge in [-0.05, 0) is 49.4 Å². The van der Waals surface area contributed by atoms with Gasteiger partial charge in [0.05, 0.1) is 13.0 Å². The number of carbonyl (C=O) groups excluding carboxylic acids is 2. The molecular weight excluding hydrogens is 325 g/mol. The number of hydrogen-bond acceptors (Lipinski definition) is 3. The Morgan fingerprint density at radius 1 is 1.36 bits per heavy atom. The maximum atomic E-state index is 13.4. The van der Waals surface area contributed by atoms with Crippen molar-refractivity contribution in [2.45, 2.75) is 31.7 Å². The van der Waals surface area contributed by atoms with Crippen LogP contribution in [0.4, 0.5) is 9.18 Å². The van der Waals surface area contributed by atoms with Crippen LogP contribution in [-0.2, 0) is 16.0 Å². The molecule has 134 valence electrons. The predicted octanol–water partition coefficient (Wildman–Crippen LogP) is 2.49. The topological polar surface area (TPSA) is 83.2 Å². The van der Waals surface area contributed by atoms with Gasteiger partial charge >= 0.3 is 12.0 Å². The molecule has 1 aromatic heterocycles. The number of aromatic amines is 1. The van der Waals surface area contributed by atoms with Crippen LogP contribution in [0.5, 0.6) is 0 Å². The number of ether oxygens (including phenoxy) is 1. The summed E-state index contributed by atoms with van der Waals surface area (Å²) in [7, 11) is 1.38. The maximum Gasteiger partial charge on any atom is 0.315 e. The minimum atomic E-state index is -0.277. The molecule has 0 bridgehead atoms. The molecule has 0 saturated heterocycles. The molecule has 25 heavy (non-hydrogen) atoms. The molecule has 2 aromatic rings. The number of aromatic nitrogens is 1. The smallest absolute Gasteiger partial charge is 0.315 e. The third-order valence-corrected chi connectivity index (χ3v) is 4.71. The molecule has 0 spiro atoms. The highest BCUT2D eigenvalue weighted by Crippen LogP contribution is 2.26. The summed E-state index contributed by atoms with van der Waals surface area (Å²) in [5.74, 6) is -0.617. The Bertz CT molecular complexity index is 774. The van der Waals surface area contributed by atoms with Crippen molar-refractivity contribution in [1.29, 1.82) is 0 Å². The average molecular weight is 347 g/mol. The molecule has 6 nitrogen and oxygen atoms in total. The Kier molecular flexibility index (Phi) is 5.21.